The Morgan fingerprint density at radius 3 is 2.53 bits per heavy atom. The monoisotopic (exact) mass is 274 g/mol. The lowest BCUT2D eigenvalue weighted by Crippen LogP contribution is -2.05. The minimum atomic E-state index is -0.397. The van der Waals surface area contributed by atoms with E-state index in [0.29, 0.717) is 28.8 Å². The molecule has 0 aliphatic carbocycles. The zero-order valence-corrected chi connectivity index (χ0v) is 11.2. The van der Waals surface area contributed by atoms with E-state index in [1.54, 1.807) is 24.3 Å². The standard InChI is InChI=1S/C13H16Cl2O2/c1-2-4-12(16)5-3-6-17-13-8-10(14)7-11(15)9-13/h2,4,7-9,12,16H,3,5-6H2,1H3/b4-2+/t12-/m1/s1. The van der Waals surface area contributed by atoms with Crippen molar-refractivity contribution in [3.63, 3.8) is 0 Å². The molecular weight excluding hydrogens is 259 g/mol. The molecule has 0 aromatic heterocycles. The lowest BCUT2D eigenvalue weighted by Gasteiger charge is -2.08. The third kappa shape index (κ3) is 5.97. The van der Waals surface area contributed by atoms with Crippen LogP contribution in [0.25, 0.3) is 0 Å². The molecule has 1 aromatic rings. The van der Waals surface area contributed by atoms with Crippen LogP contribution < -0.4 is 4.74 Å². The predicted molar refractivity (Wildman–Crippen MR) is 72.0 cm³/mol. The molecule has 1 N–H and O–H groups in total. The van der Waals surface area contributed by atoms with Crippen molar-refractivity contribution < 1.29 is 9.84 Å². The summed E-state index contributed by atoms with van der Waals surface area (Å²) >= 11 is 11.7. The molecule has 0 fully saturated rings. The van der Waals surface area contributed by atoms with Crippen LogP contribution >= 0.6 is 23.2 Å². The average Bonchev–Trinajstić information content (AvgIpc) is 2.23. The second-order valence-electron chi connectivity index (χ2n) is 3.69. The number of ether oxygens (including phenoxy) is 1. The van der Waals surface area contributed by atoms with E-state index in [-0.39, 0.29) is 0 Å². The number of aliphatic hydroxyl groups excluding tert-OH is 1. The molecule has 0 saturated heterocycles. The highest BCUT2D eigenvalue weighted by Crippen LogP contribution is 2.24. The van der Waals surface area contributed by atoms with Crippen molar-refractivity contribution in [1.29, 1.82) is 0 Å². The normalized spacial score (nSPS) is 12.9. The fourth-order valence-electron chi connectivity index (χ4n) is 1.41. The molecule has 1 rings (SSSR count). The Bertz CT molecular complexity index is 357. The number of aliphatic hydroxyl groups is 1. The molecule has 0 unspecified atom stereocenters. The molecule has 0 radical (unpaired) electrons. The lowest BCUT2D eigenvalue weighted by molar-refractivity contribution is 0.195. The summed E-state index contributed by atoms with van der Waals surface area (Å²) in [6.45, 7) is 2.42. The van der Waals surface area contributed by atoms with E-state index in [9.17, 15) is 5.11 Å². The molecule has 2 nitrogen and oxygen atoms in total. The predicted octanol–water partition coefficient (Wildman–Crippen LogP) is 4.09. The van der Waals surface area contributed by atoms with Gasteiger partial charge < -0.3 is 9.84 Å². The van der Waals surface area contributed by atoms with Gasteiger partial charge in [0.1, 0.15) is 5.75 Å². The topological polar surface area (TPSA) is 29.5 Å². The van der Waals surface area contributed by atoms with E-state index in [1.165, 1.54) is 0 Å². The van der Waals surface area contributed by atoms with Crippen molar-refractivity contribution in [2.24, 2.45) is 0 Å². The molecule has 94 valence electrons. The van der Waals surface area contributed by atoms with Gasteiger partial charge in [-0.05, 0) is 38.0 Å². The molecule has 1 aromatic carbocycles. The highest BCUT2D eigenvalue weighted by Gasteiger charge is 2.01. The van der Waals surface area contributed by atoms with E-state index in [4.69, 9.17) is 27.9 Å². The van der Waals surface area contributed by atoms with Crippen LogP contribution in [0, 0.1) is 0 Å². The van der Waals surface area contributed by atoms with Crippen LogP contribution in [0.15, 0.2) is 30.4 Å². The second kappa shape index (κ2) is 7.59. The molecule has 4 heteroatoms. The Hall–Kier alpha value is -0.700. The van der Waals surface area contributed by atoms with Crippen LogP contribution in [0.5, 0.6) is 5.75 Å². The van der Waals surface area contributed by atoms with E-state index in [0.717, 1.165) is 6.42 Å². The smallest absolute Gasteiger partial charge is 0.122 e. The van der Waals surface area contributed by atoms with Gasteiger partial charge >= 0.3 is 0 Å². The molecule has 0 amide bonds. The number of benzene rings is 1. The van der Waals surface area contributed by atoms with Gasteiger partial charge in [0.15, 0.2) is 0 Å². The molecule has 0 saturated carbocycles. The lowest BCUT2D eigenvalue weighted by atomic mass is 10.2. The number of allylic oxidation sites excluding steroid dienone is 1. The first-order valence-corrected chi connectivity index (χ1v) is 6.27. The first-order valence-electron chi connectivity index (χ1n) is 5.51. The fourth-order valence-corrected chi connectivity index (χ4v) is 1.92. The van der Waals surface area contributed by atoms with Crippen LogP contribution in [0.1, 0.15) is 19.8 Å². The quantitative estimate of drug-likeness (QED) is 0.626. The average molecular weight is 275 g/mol. The van der Waals surface area contributed by atoms with Crippen molar-refractivity contribution in [2.75, 3.05) is 6.61 Å². The Kier molecular flexibility index (Phi) is 6.41. The summed E-state index contributed by atoms with van der Waals surface area (Å²) in [5, 5.41) is 10.6. The van der Waals surface area contributed by atoms with E-state index < -0.39 is 6.10 Å². The summed E-state index contributed by atoms with van der Waals surface area (Å²) in [6.07, 6.45) is 4.65. The van der Waals surface area contributed by atoms with Gasteiger partial charge in [-0.1, -0.05) is 35.4 Å². The Balaban J connectivity index is 2.31. The van der Waals surface area contributed by atoms with Gasteiger partial charge in [-0.3, -0.25) is 0 Å². The number of halogens is 2. The van der Waals surface area contributed by atoms with Gasteiger partial charge in [-0.2, -0.15) is 0 Å². The highest BCUT2D eigenvalue weighted by molar-refractivity contribution is 6.34. The van der Waals surface area contributed by atoms with E-state index in [1.807, 2.05) is 13.0 Å². The summed E-state index contributed by atoms with van der Waals surface area (Å²) in [5.41, 5.74) is 0. The van der Waals surface area contributed by atoms with Gasteiger partial charge in [0.05, 0.1) is 12.7 Å². The minimum Gasteiger partial charge on any atom is -0.493 e. The van der Waals surface area contributed by atoms with Gasteiger partial charge in [-0.15, -0.1) is 0 Å². The molecule has 0 bridgehead atoms. The third-order valence-corrected chi connectivity index (χ3v) is 2.60. The maximum absolute atomic E-state index is 9.45. The van der Waals surface area contributed by atoms with Gasteiger partial charge in [0.25, 0.3) is 0 Å². The van der Waals surface area contributed by atoms with Crippen LogP contribution in [-0.2, 0) is 0 Å². The zero-order valence-electron chi connectivity index (χ0n) is 9.70. The van der Waals surface area contributed by atoms with E-state index >= 15 is 0 Å². The van der Waals surface area contributed by atoms with Crippen molar-refractivity contribution in [3.8, 4) is 5.75 Å². The maximum Gasteiger partial charge on any atom is 0.122 e. The number of hydrogen-bond acceptors (Lipinski definition) is 2. The van der Waals surface area contributed by atoms with Crippen LogP contribution in [0.2, 0.25) is 10.0 Å². The molecule has 0 aliphatic heterocycles. The van der Waals surface area contributed by atoms with Gasteiger partial charge in [-0.25, -0.2) is 0 Å². The highest BCUT2D eigenvalue weighted by atomic mass is 35.5. The van der Waals surface area contributed by atoms with Crippen molar-refractivity contribution in [1.82, 2.24) is 0 Å². The summed E-state index contributed by atoms with van der Waals surface area (Å²) in [7, 11) is 0. The molecular formula is C13H16Cl2O2. The fraction of sp³-hybridized carbons (Fsp3) is 0.385. The molecule has 0 heterocycles. The minimum absolute atomic E-state index is 0.397. The molecule has 0 aliphatic rings. The van der Waals surface area contributed by atoms with Crippen molar-refractivity contribution >= 4 is 23.2 Å². The Labute approximate surface area is 112 Å². The molecule has 17 heavy (non-hydrogen) atoms. The third-order valence-electron chi connectivity index (χ3n) is 2.16. The van der Waals surface area contributed by atoms with Crippen LogP contribution in [-0.4, -0.2) is 17.8 Å². The molecule has 1 atom stereocenters. The second-order valence-corrected chi connectivity index (χ2v) is 4.56. The maximum atomic E-state index is 9.45. The first kappa shape index (κ1) is 14.4. The van der Waals surface area contributed by atoms with Crippen molar-refractivity contribution in [3.05, 3.63) is 40.4 Å². The SMILES string of the molecule is C/C=C/[C@@H](O)CCCOc1cc(Cl)cc(Cl)c1. The van der Waals surface area contributed by atoms with Gasteiger partial charge in [0, 0.05) is 10.0 Å². The largest absolute Gasteiger partial charge is 0.493 e. The Morgan fingerprint density at radius 1 is 1.29 bits per heavy atom. The summed E-state index contributed by atoms with van der Waals surface area (Å²) < 4.78 is 5.49. The number of rotatable bonds is 6. The van der Waals surface area contributed by atoms with Crippen LogP contribution in [0.3, 0.4) is 0 Å². The van der Waals surface area contributed by atoms with E-state index in [2.05, 4.69) is 0 Å². The molecule has 0 spiro atoms. The Morgan fingerprint density at radius 2 is 1.94 bits per heavy atom. The summed E-state index contributed by atoms with van der Waals surface area (Å²) in [4.78, 5) is 0. The summed E-state index contributed by atoms with van der Waals surface area (Å²) in [6, 6.07) is 5.09. The first-order chi connectivity index (χ1) is 8.11. The van der Waals surface area contributed by atoms with Crippen LogP contribution in [0.4, 0.5) is 0 Å². The number of hydrogen-bond donors (Lipinski definition) is 1. The zero-order chi connectivity index (χ0) is 12.7. The van der Waals surface area contributed by atoms with Gasteiger partial charge in [0.2, 0.25) is 0 Å². The summed E-state index contributed by atoms with van der Waals surface area (Å²) in [5.74, 6) is 0.656. The van der Waals surface area contributed by atoms with Crippen molar-refractivity contribution in [2.45, 2.75) is 25.9 Å².